The van der Waals surface area contributed by atoms with Crippen LogP contribution in [-0.2, 0) is 11.3 Å². The molecule has 0 spiro atoms. The van der Waals surface area contributed by atoms with Gasteiger partial charge in [-0.1, -0.05) is 42.5 Å². The van der Waals surface area contributed by atoms with Gasteiger partial charge in [-0.2, -0.15) is 0 Å². The van der Waals surface area contributed by atoms with Gasteiger partial charge in [-0.15, -0.1) is 0 Å². The van der Waals surface area contributed by atoms with Crippen molar-refractivity contribution in [2.24, 2.45) is 0 Å². The van der Waals surface area contributed by atoms with Crippen LogP contribution in [0.2, 0.25) is 0 Å². The van der Waals surface area contributed by atoms with E-state index in [0.29, 0.717) is 13.2 Å². The SMILES string of the molecule is O=C(N1CCOCC1)N1CCN(Cc2cccc3ccccc23)CC1. The number of carbonyl (C=O) groups excluding carboxylic acids is 1. The number of fused-ring (bicyclic) bond motifs is 1. The summed E-state index contributed by atoms with van der Waals surface area (Å²) in [4.78, 5) is 18.9. The first-order valence-corrected chi connectivity index (χ1v) is 9.12. The molecule has 0 aliphatic carbocycles. The van der Waals surface area contributed by atoms with E-state index in [1.807, 2.05) is 9.80 Å². The summed E-state index contributed by atoms with van der Waals surface area (Å²) in [5.74, 6) is 0. The van der Waals surface area contributed by atoms with Gasteiger partial charge >= 0.3 is 6.03 Å². The van der Waals surface area contributed by atoms with Crippen molar-refractivity contribution < 1.29 is 9.53 Å². The van der Waals surface area contributed by atoms with E-state index in [4.69, 9.17) is 4.74 Å². The number of hydrogen-bond donors (Lipinski definition) is 0. The van der Waals surface area contributed by atoms with Crippen molar-refractivity contribution in [3.8, 4) is 0 Å². The van der Waals surface area contributed by atoms with Gasteiger partial charge in [0.1, 0.15) is 0 Å². The molecule has 2 amide bonds. The number of hydrogen-bond acceptors (Lipinski definition) is 3. The predicted octanol–water partition coefficient (Wildman–Crippen LogP) is 2.41. The number of nitrogens with zero attached hydrogens (tertiary/aromatic N) is 3. The van der Waals surface area contributed by atoms with Crippen LogP contribution < -0.4 is 0 Å². The van der Waals surface area contributed by atoms with Crippen LogP contribution in [0.25, 0.3) is 10.8 Å². The molecule has 2 aliphatic rings. The molecule has 132 valence electrons. The normalized spacial score (nSPS) is 19.4. The Kier molecular flexibility index (Phi) is 4.85. The summed E-state index contributed by atoms with van der Waals surface area (Å²) in [5.41, 5.74) is 1.37. The summed E-state index contributed by atoms with van der Waals surface area (Å²) in [6.07, 6.45) is 0. The first-order valence-electron chi connectivity index (χ1n) is 9.12. The van der Waals surface area contributed by atoms with Gasteiger partial charge in [0, 0.05) is 45.8 Å². The van der Waals surface area contributed by atoms with Crippen molar-refractivity contribution in [2.45, 2.75) is 6.54 Å². The van der Waals surface area contributed by atoms with Crippen molar-refractivity contribution >= 4 is 16.8 Å². The molecule has 2 aromatic rings. The second-order valence-electron chi connectivity index (χ2n) is 6.78. The van der Waals surface area contributed by atoms with E-state index in [9.17, 15) is 4.79 Å². The first kappa shape index (κ1) is 16.4. The van der Waals surface area contributed by atoms with Crippen molar-refractivity contribution in [1.29, 1.82) is 0 Å². The maximum absolute atomic E-state index is 12.6. The molecule has 0 radical (unpaired) electrons. The van der Waals surface area contributed by atoms with Gasteiger partial charge in [-0.3, -0.25) is 4.90 Å². The lowest BCUT2D eigenvalue weighted by molar-refractivity contribution is 0.0373. The summed E-state index contributed by atoms with van der Waals surface area (Å²) in [6, 6.07) is 15.2. The van der Waals surface area contributed by atoms with Crippen molar-refractivity contribution in [1.82, 2.24) is 14.7 Å². The molecule has 2 heterocycles. The van der Waals surface area contributed by atoms with Crippen LogP contribution in [0.5, 0.6) is 0 Å². The fourth-order valence-corrected chi connectivity index (χ4v) is 3.72. The Balaban J connectivity index is 1.36. The molecule has 2 saturated heterocycles. The van der Waals surface area contributed by atoms with E-state index in [1.54, 1.807) is 0 Å². The van der Waals surface area contributed by atoms with Crippen LogP contribution in [0, 0.1) is 0 Å². The van der Waals surface area contributed by atoms with Crippen LogP contribution in [0.4, 0.5) is 4.79 Å². The van der Waals surface area contributed by atoms with Crippen molar-refractivity contribution in [2.75, 3.05) is 52.5 Å². The third kappa shape index (κ3) is 3.62. The number of ether oxygens (including phenoxy) is 1. The topological polar surface area (TPSA) is 36.0 Å². The lowest BCUT2D eigenvalue weighted by Gasteiger charge is -2.38. The van der Waals surface area contributed by atoms with E-state index in [0.717, 1.165) is 45.8 Å². The maximum atomic E-state index is 12.6. The highest BCUT2D eigenvalue weighted by Gasteiger charge is 2.26. The Morgan fingerprint density at radius 1 is 0.840 bits per heavy atom. The summed E-state index contributed by atoms with van der Waals surface area (Å²) < 4.78 is 5.34. The summed E-state index contributed by atoms with van der Waals surface area (Å²) in [7, 11) is 0. The number of carbonyl (C=O) groups is 1. The molecule has 4 rings (SSSR count). The number of morpholine rings is 1. The number of urea groups is 1. The smallest absolute Gasteiger partial charge is 0.320 e. The zero-order valence-electron chi connectivity index (χ0n) is 14.6. The van der Waals surface area contributed by atoms with Crippen molar-refractivity contribution in [3.05, 3.63) is 48.0 Å². The molecule has 0 bridgehead atoms. The number of amides is 2. The minimum atomic E-state index is 0.174. The van der Waals surface area contributed by atoms with Gasteiger partial charge in [-0.25, -0.2) is 4.79 Å². The molecule has 0 unspecified atom stereocenters. The standard InChI is InChI=1S/C20H25N3O2/c24-20(23-12-14-25-15-13-23)22-10-8-21(9-11-22)16-18-6-3-5-17-4-1-2-7-19(17)18/h1-7H,8-16H2. The molecular weight excluding hydrogens is 314 g/mol. The zero-order valence-corrected chi connectivity index (χ0v) is 14.6. The fraction of sp³-hybridized carbons (Fsp3) is 0.450. The fourth-order valence-electron chi connectivity index (χ4n) is 3.72. The maximum Gasteiger partial charge on any atom is 0.320 e. The second kappa shape index (κ2) is 7.42. The van der Waals surface area contributed by atoms with Crippen LogP contribution >= 0.6 is 0 Å². The second-order valence-corrected chi connectivity index (χ2v) is 6.78. The highest BCUT2D eigenvalue weighted by Crippen LogP contribution is 2.20. The lowest BCUT2D eigenvalue weighted by atomic mass is 10.0. The Bertz CT molecular complexity index is 729. The van der Waals surface area contributed by atoms with Crippen LogP contribution in [0.3, 0.4) is 0 Å². The molecule has 2 aliphatic heterocycles. The van der Waals surface area contributed by atoms with E-state index in [1.165, 1.54) is 16.3 Å². The molecule has 0 N–H and O–H groups in total. The van der Waals surface area contributed by atoms with Gasteiger partial charge in [0.05, 0.1) is 13.2 Å². The molecule has 0 saturated carbocycles. The van der Waals surface area contributed by atoms with Gasteiger partial charge in [0.15, 0.2) is 0 Å². The van der Waals surface area contributed by atoms with Gasteiger partial charge in [-0.05, 0) is 16.3 Å². The minimum absolute atomic E-state index is 0.174. The summed E-state index contributed by atoms with van der Waals surface area (Å²) >= 11 is 0. The third-order valence-corrected chi connectivity index (χ3v) is 5.20. The third-order valence-electron chi connectivity index (χ3n) is 5.20. The van der Waals surface area contributed by atoms with Crippen LogP contribution in [0.1, 0.15) is 5.56 Å². The Labute approximate surface area is 148 Å². The Hall–Kier alpha value is -2.11. The molecule has 0 aromatic heterocycles. The quantitative estimate of drug-likeness (QED) is 0.843. The average molecular weight is 339 g/mol. The first-order chi connectivity index (χ1) is 12.3. The molecule has 25 heavy (non-hydrogen) atoms. The average Bonchev–Trinajstić information content (AvgIpc) is 2.69. The number of rotatable bonds is 2. The van der Waals surface area contributed by atoms with E-state index in [2.05, 4.69) is 47.4 Å². The molecule has 2 aromatic carbocycles. The highest BCUT2D eigenvalue weighted by atomic mass is 16.5. The van der Waals surface area contributed by atoms with Crippen LogP contribution in [0.15, 0.2) is 42.5 Å². The Morgan fingerprint density at radius 3 is 2.32 bits per heavy atom. The Morgan fingerprint density at radius 2 is 1.52 bits per heavy atom. The lowest BCUT2D eigenvalue weighted by Crippen LogP contribution is -2.54. The molecule has 5 heteroatoms. The highest BCUT2D eigenvalue weighted by molar-refractivity contribution is 5.85. The minimum Gasteiger partial charge on any atom is -0.378 e. The zero-order chi connectivity index (χ0) is 17.1. The monoisotopic (exact) mass is 339 g/mol. The van der Waals surface area contributed by atoms with Crippen LogP contribution in [-0.4, -0.2) is 73.2 Å². The van der Waals surface area contributed by atoms with Gasteiger partial charge < -0.3 is 14.5 Å². The number of benzene rings is 2. The molecule has 2 fully saturated rings. The molecule has 0 atom stereocenters. The predicted molar refractivity (Wildman–Crippen MR) is 98.6 cm³/mol. The van der Waals surface area contributed by atoms with Crippen molar-refractivity contribution in [3.63, 3.8) is 0 Å². The molecule has 5 nitrogen and oxygen atoms in total. The van der Waals surface area contributed by atoms with E-state index >= 15 is 0 Å². The largest absolute Gasteiger partial charge is 0.378 e. The van der Waals surface area contributed by atoms with Gasteiger partial charge in [0.25, 0.3) is 0 Å². The summed E-state index contributed by atoms with van der Waals surface area (Å²) in [5, 5.41) is 2.62. The van der Waals surface area contributed by atoms with E-state index in [-0.39, 0.29) is 6.03 Å². The summed E-state index contributed by atoms with van der Waals surface area (Å²) in [6.45, 7) is 7.17. The number of piperazine rings is 1. The van der Waals surface area contributed by atoms with E-state index < -0.39 is 0 Å². The molecular formula is C20H25N3O2. The van der Waals surface area contributed by atoms with Gasteiger partial charge in [0.2, 0.25) is 0 Å².